The highest BCUT2D eigenvalue weighted by molar-refractivity contribution is 6.05. The molecule has 1 aromatic carbocycles. The van der Waals surface area contributed by atoms with Gasteiger partial charge in [0.15, 0.2) is 0 Å². The third-order valence-electron chi connectivity index (χ3n) is 4.19. The molecule has 2 heterocycles. The summed E-state index contributed by atoms with van der Waals surface area (Å²) < 4.78 is 1.63. The van der Waals surface area contributed by atoms with E-state index in [9.17, 15) is 9.59 Å². The molecule has 1 aliphatic heterocycles. The average molecular weight is 296 g/mol. The van der Waals surface area contributed by atoms with Gasteiger partial charge in [-0.3, -0.25) is 14.3 Å². The molecule has 0 atom stereocenters. The van der Waals surface area contributed by atoms with Crippen LogP contribution in [0.15, 0.2) is 24.4 Å². The van der Waals surface area contributed by atoms with E-state index in [1.165, 1.54) is 0 Å². The second kappa shape index (κ2) is 4.69. The molecular formula is C16H16N4O2. The first-order chi connectivity index (χ1) is 10.6. The maximum atomic E-state index is 12.6. The van der Waals surface area contributed by atoms with Gasteiger partial charge in [-0.1, -0.05) is 0 Å². The number of nitrogens with zero attached hydrogens (tertiary/aromatic N) is 2. The van der Waals surface area contributed by atoms with Gasteiger partial charge in [-0.15, -0.1) is 0 Å². The van der Waals surface area contributed by atoms with Gasteiger partial charge in [-0.05, 0) is 42.5 Å². The van der Waals surface area contributed by atoms with E-state index in [0.29, 0.717) is 23.7 Å². The molecule has 6 nitrogen and oxygen atoms in total. The van der Waals surface area contributed by atoms with E-state index in [1.807, 2.05) is 12.1 Å². The van der Waals surface area contributed by atoms with Crippen molar-refractivity contribution in [3.8, 4) is 0 Å². The fourth-order valence-corrected chi connectivity index (χ4v) is 2.92. The lowest BCUT2D eigenvalue weighted by Gasteiger charge is -2.09. The van der Waals surface area contributed by atoms with Gasteiger partial charge in [-0.25, -0.2) is 0 Å². The van der Waals surface area contributed by atoms with Gasteiger partial charge in [0.1, 0.15) is 5.69 Å². The summed E-state index contributed by atoms with van der Waals surface area (Å²) in [5.41, 5.74) is 4.08. The Bertz CT molecular complexity index is 789. The first-order valence-electron chi connectivity index (χ1n) is 7.38. The van der Waals surface area contributed by atoms with Crippen LogP contribution in [0.4, 0.5) is 11.4 Å². The molecule has 1 fully saturated rings. The first-order valence-corrected chi connectivity index (χ1v) is 7.38. The van der Waals surface area contributed by atoms with Crippen molar-refractivity contribution in [2.45, 2.75) is 25.2 Å². The number of rotatable bonds is 3. The van der Waals surface area contributed by atoms with E-state index < -0.39 is 0 Å². The Morgan fingerprint density at radius 2 is 2.23 bits per heavy atom. The summed E-state index contributed by atoms with van der Waals surface area (Å²) in [4.78, 5) is 23.9. The summed E-state index contributed by atoms with van der Waals surface area (Å²) in [6, 6.07) is 5.47. The molecule has 0 radical (unpaired) electrons. The van der Waals surface area contributed by atoms with Gasteiger partial charge in [0.2, 0.25) is 5.91 Å². The van der Waals surface area contributed by atoms with Gasteiger partial charge in [0.05, 0.1) is 12.6 Å². The lowest BCUT2D eigenvalue weighted by molar-refractivity contribution is -0.115. The predicted molar refractivity (Wildman–Crippen MR) is 81.9 cm³/mol. The predicted octanol–water partition coefficient (Wildman–Crippen LogP) is 2.04. The molecule has 1 aliphatic carbocycles. The number of carbonyl (C=O) groups is 2. The zero-order chi connectivity index (χ0) is 15.3. The van der Waals surface area contributed by atoms with Crippen LogP contribution < -0.4 is 10.6 Å². The third-order valence-corrected chi connectivity index (χ3v) is 4.19. The standard InChI is InChI=1S/C16H16N4O2/c1-20-15(12(8-17-20)9-2-3-9)16(22)18-11-4-5-13-10(6-11)7-14(21)19-13/h4-6,8-9H,2-3,7H2,1H3,(H,18,22)(H,19,21). The fourth-order valence-electron chi connectivity index (χ4n) is 2.92. The number of nitrogens with one attached hydrogen (secondary N) is 2. The van der Waals surface area contributed by atoms with E-state index in [-0.39, 0.29) is 11.8 Å². The van der Waals surface area contributed by atoms with Crippen LogP contribution in [0.2, 0.25) is 0 Å². The van der Waals surface area contributed by atoms with Gasteiger partial charge >= 0.3 is 0 Å². The van der Waals surface area contributed by atoms with Crippen LogP contribution in [0.5, 0.6) is 0 Å². The monoisotopic (exact) mass is 296 g/mol. The number of carbonyl (C=O) groups excluding carboxylic acids is 2. The number of aromatic nitrogens is 2. The van der Waals surface area contributed by atoms with Crippen LogP contribution in [0, 0.1) is 0 Å². The largest absolute Gasteiger partial charge is 0.326 e. The topological polar surface area (TPSA) is 76.0 Å². The molecule has 4 rings (SSSR count). The zero-order valence-corrected chi connectivity index (χ0v) is 12.2. The van der Waals surface area contributed by atoms with Crippen molar-refractivity contribution in [1.82, 2.24) is 9.78 Å². The number of fused-ring (bicyclic) bond motifs is 1. The van der Waals surface area contributed by atoms with Gasteiger partial charge in [-0.2, -0.15) is 5.10 Å². The Hall–Kier alpha value is -2.63. The lowest BCUT2D eigenvalue weighted by Crippen LogP contribution is -2.17. The molecular weight excluding hydrogens is 280 g/mol. The summed E-state index contributed by atoms with van der Waals surface area (Å²) in [7, 11) is 1.78. The van der Waals surface area contributed by atoms with Crippen molar-refractivity contribution in [3.05, 3.63) is 41.2 Å². The molecule has 112 valence electrons. The Kier molecular flexibility index (Phi) is 2.79. The molecule has 22 heavy (non-hydrogen) atoms. The minimum absolute atomic E-state index is 0.0128. The molecule has 2 aromatic rings. The molecule has 2 N–H and O–H groups in total. The maximum Gasteiger partial charge on any atom is 0.274 e. The quantitative estimate of drug-likeness (QED) is 0.910. The summed E-state index contributed by atoms with van der Waals surface area (Å²) in [6.45, 7) is 0. The highest BCUT2D eigenvalue weighted by Gasteiger charge is 2.31. The van der Waals surface area contributed by atoms with Crippen LogP contribution in [-0.2, 0) is 18.3 Å². The minimum Gasteiger partial charge on any atom is -0.326 e. The number of aryl methyl sites for hydroxylation is 1. The molecule has 0 bridgehead atoms. The van der Waals surface area contributed by atoms with Crippen molar-refractivity contribution < 1.29 is 9.59 Å². The van der Waals surface area contributed by atoms with Gasteiger partial charge in [0.25, 0.3) is 5.91 Å². The molecule has 1 saturated carbocycles. The molecule has 6 heteroatoms. The van der Waals surface area contributed by atoms with Crippen molar-refractivity contribution in [2.75, 3.05) is 10.6 Å². The minimum atomic E-state index is -0.154. The Labute approximate surface area is 127 Å². The molecule has 0 unspecified atom stereocenters. The first kappa shape index (κ1) is 13.1. The van der Waals surface area contributed by atoms with E-state index in [4.69, 9.17) is 0 Å². The highest BCUT2D eigenvalue weighted by atomic mass is 16.2. The molecule has 2 aliphatic rings. The SMILES string of the molecule is Cn1ncc(C2CC2)c1C(=O)Nc1ccc2c(c1)CC(=O)N2. The van der Waals surface area contributed by atoms with Crippen LogP contribution in [0.1, 0.15) is 40.4 Å². The average Bonchev–Trinajstić information content (AvgIpc) is 3.14. The second-order valence-corrected chi connectivity index (χ2v) is 5.90. The zero-order valence-electron chi connectivity index (χ0n) is 12.2. The Morgan fingerprint density at radius 3 is 3.00 bits per heavy atom. The second-order valence-electron chi connectivity index (χ2n) is 5.90. The van der Waals surface area contributed by atoms with E-state index >= 15 is 0 Å². The lowest BCUT2D eigenvalue weighted by atomic mass is 10.1. The van der Waals surface area contributed by atoms with Crippen LogP contribution in [0.3, 0.4) is 0 Å². The number of hydrogen-bond donors (Lipinski definition) is 2. The van der Waals surface area contributed by atoms with Crippen molar-refractivity contribution in [3.63, 3.8) is 0 Å². The summed E-state index contributed by atoms with van der Waals surface area (Å²) >= 11 is 0. The van der Waals surface area contributed by atoms with E-state index in [0.717, 1.165) is 29.7 Å². The number of amides is 2. The normalized spacial score (nSPS) is 16.3. The summed E-state index contributed by atoms with van der Waals surface area (Å²) in [6.07, 6.45) is 4.40. The smallest absolute Gasteiger partial charge is 0.274 e. The number of anilines is 2. The van der Waals surface area contributed by atoms with Gasteiger partial charge in [0, 0.05) is 24.0 Å². The van der Waals surface area contributed by atoms with Crippen LogP contribution in [0.25, 0.3) is 0 Å². The van der Waals surface area contributed by atoms with Gasteiger partial charge < -0.3 is 10.6 Å². The highest BCUT2D eigenvalue weighted by Crippen LogP contribution is 2.41. The summed E-state index contributed by atoms with van der Waals surface area (Å²) in [5.74, 6) is 0.302. The number of benzene rings is 1. The summed E-state index contributed by atoms with van der Waals surface area (Å²) in [5, 5.41) is 9.90. The van der Waals surface area contributed by atoms with E-state index in [1.54, 1.807) is 24.0 Å². The third kappa shape index (κ3) is 2.16. The maximum absolute atomic E-state index is 12.6. The van der Waals surface area contributed by atoms with E-state index in [2.05, 4.69) is 15.7 Å². The van der Waals surface area contributed by atoms with Crippen molar-refractivity contribution in [1.29, 1.82) is 0 Å². The Morgan fingerprint density at radius 1 is 1.41 bits per heavy atom. The van der Waals surface area contributed by atoms with Crippen molar-refractivity contribution in [2.24, 2.45) is 7.05 Å². The molecule has 0 spiro atoms. The molecule has 0 saturated heterocycles. The molecule has 2 amide bonds. The Balaban J connectivity index is 1.59. The fraction of sp³-hybridized carbons (Fsp3) is 0.312. The van der Waals surface area contributed by atoms with Crippen LogP contribution in [-0.4, -0.2) is 21.6 Å². The van der Waals surface area contributed by atoms with Crippen LogP contribution >= 0.6 is 0 Å². The number of hydrogen-bond acceptors (Lipinski definition) is 3. The van der Waals surface area contributed by atoms with Crippen molar-refractivity contribution >= 4 is 23.2 Å². The molecule has 1 aromatic heterocycles.